The molecule has 5 heteroatoms. The largest absolute Gasteiger partial charge is 0.338 e. The van der Waals surface area contributed by atoms with E-state index in [1.165, 1.54) is 0 Å². The van der Waals surface area contributed by atoms with E-state index in [9.17, 15) is 4.79 Å². The Labute approximate surface area is 129 Å². The van der Waals surface area contributed by atoms with Crippen molar-refractivity contribution in [1.29, 1.82) is 0 Å². The summed E-state index contributed by atoms with van der Waals surface area (Å²) in [4.78, 5) is 14.5. The first-order valence-electron chi connectivity index (χ1n) is 6.25. The van der Waals surface area contributed by atoms with Crippen molar-refractivity contribution in [3.8, 4) is 0 Å². The van der Waals surface area contributed by atoms with Crippen LogP contribution in [0.5, 0.6) is 0 Å². The number of carbonyl (C=O) groups is 1. The normalized spacial score (nSPS) is 18.3. The van der Waals surface area contributed by atoms with Crippen LogP contribution in [0.4, 0.5) is 0 Å². The molecule has 2 rings (SSSR count). The van der Waals surface area contributed by atoms with E-state index in [2.05, 4.69) is 45.7 Å². The summed E-state index contributed by atoms with van der Waals surface area (Å²) in [5.74, 6) is 0.160. The van der Waals surface area contributed by atoms with Gasteiger partial charge in [-0.3, -0.25) is 4.79 Å². The maximum atomic E-state index is 12.5. The van der Waals surface area contributed by atoms with Crippen LogP contribution in [0.25, 0.3) is 0 Å². The molecule has 1 amide bonds. The minimum absolute atomic E-state index is 0.160. The monoisotopic (exact) mass is 393 g/mol. The number of nitrogens with zero attached hydrogens (tertiary/aromatic N) is 1. The van der Waals surface area contributed by atoms with E-state index in [0.29, 0.717) is 5.41 Å². The maximum absolute atomic E-state index is 12.5. The Hall–Kier alpha value is 0.130. The van der Waals surface area contributed by atoms with Gasteiger partial charge in [-0.05, 0) is 62.6 Å². The second-order valence-corrected chi connectivity index (χ2v) is 8.67. The van der Waals surface area contributed by atoms with Gasteiger partial charge < -0.3 is 4.90 Å². The number of halogens is 2. The predicted octanol–water partition coefficient (Wildman–Crippen LogP) is 4.93. The zero-order valence-electron chi connectivity index (χ0n) is 10.6. The molecule has 18 heavy (non-hydrogen) atoms. The zero-order chi connectivity index (χ0) is 13.3. The van der Waals surface area contributed by atoms with Crippen LogP contribution in [-0.4, -0.2) is 23.9 Å². The number of amides is 1. The molecule has 1 aromatic rings. The van der Waals surface area contributed by atoms with E-state index in [4.69, 9.17) is 0 Å². The molecule has 0 radical (unpaired) electrons. The fourth-order valence-electron chi connectivity index (χ4n) is 2.59. The van der Waals surface area contributed by atoms with Gasteiger partial charge in [0.2, 0.25) is 0 Å². The minimum Gasteiger partial charge on any atom is -0.338 e. The third kappa shape index (κ3) is 2.68. The van der Waals surface area contributed by atoms with Crippen molar-refractivity contribution in [2.24, 2.45) is 5.41 Å². The molecule has 2 heterocycles. The summed E-state index contributed by atoms with van der Waals surface area (Å²) in [6.45, 7) is 6.25. The Bertz CT molecular complexity index is 454. The Balaban J connectivity index is 2.15. The van der Waals surface area contributed by atoms with Crippen LogP contribution in [0.2, 0.25) is 0 Å². The van der Waals surface area contributed by atoms with Gasteiger partial charge in [0.15, 0.2) is 0 Å². The molecule has 0 aromatic carbocycles. The van der Waals surface area contributed by atoms with Gasteiger partial charge >= 0.3 is 0 Å². The first kappa shape index (κ1) is 14.5. The highest BCUT2D eigenvalue weighted by molar-refractivity contribution is 9.12. The molecular weight excluding hydrogens is 378 g/mol. The van der Waals surface area contributed by atoms with Crippen molar-refractivity contribution in [2.75, 3.05) is 13.1 Å². The Morgan fingerprint density at radius 1 is 1.44 bits per heavy atom. The molecule has 0 aliphatic carbocycles. The van der Waals surface area contributed by atoms with Crippen molar-refractivity contribution in [3.63, 3.8) is 0 Å². The van der Waals surface area contributed by atoms with Crippen LogP contribution in [-0.2, 0) is 0 Å². The van der Waals surface area contributed by atoms with Gasteiger partial charge in [0.05, 0.1) is 13.1 Å². The number of rotatable bonds is 3. The smallest absolute Gasteiger partial charge is 0.255 e. The van der Waals surface area contributed by atoms with Gasteiger partial charge in [0.25, 0.3) is 5.91 Å². The van der Waals surface area contributed by atoms with Gasteiger partial charge in [-0.2, -0.15) is 0 Å². The van der Waals surface area contributed by atoms with E-state index in [0.717, 1.165) is 45.5 Å². The first-order chi connectivity index (χ1) is 8.51. The zero-order valence-corrected chi connectivity index (χ0v) is 14.6. The van der Waals surface area contributed by atoms with E-state index in [1.807, 2.05) is 11.0 Å². The highest BCUT2D eigenvalue weighted by Crippen LogP contribution is 2.39. The molecule has 1 aromatic heterocycles. The summed E-state index contributed by atoms with van der Waals surface area (Å²) in [5.41, 5.74) is 1.13. The second-order valence-electron chi connectivity index (χ2n) is 4.92. The standard InChI is InChI=1S/C13H17Br2NOS/c1-3-13(4-2)5-6-16(8-13)12(17)9-7-10(14)18-11(9)15/h7H,3-6,8H2,1-2H3. The summed E-state index contributed by atoms with van der Waals surface area (Å²) in [6.07, 6.45) is 3.44. The third-order valence-electron chi connectivity index (χ3n) is 4.11. The Kier molecular flexibility index (Phi) is 4.55. The van der Waals surface area contributed by atoms with Crippen molar-refractivity contribution >= 4 is 49.1 Å². The van der Waals surface area contributed by atoms with Gasteiger partial charge in [0.1, 0.15) is 0 Å². The molecule has 0 atom stereocenters. The van der Waals surface area contributed by atoms with Crippen LogP contribution in [0.3, 0.4) is 0 Å². The fraction of sp³-hybridized carbons (Fsp3) is 0.615. The predicted molar refractivity (Wildman–Crippen MR) is 83.3 cm³/mol. The van der Waals surface area contributed by atoms with Crippen LogP contribution in [0, 0.1) is 5.41 Å². The SMILES string of the molecule is CCC1(CC)CCN(C(=O)c2cc(Br)sc2Br)C1. The van der Waals surface area contributed by atoms with Crippen LogP contribution in [0.15, 0.2) is 13.6 Å². The number of hydrogen-bond donors (Lipinski definition) is 0. The molecule has 0 unspecified atom stereocenters. The van der Waals surface area contributed by atoms with Crippen LogP contribution in [0.1, 0.15) is 43.5 Å². The van der Waals surface area contributed by atoms with Gasteiger partial charge in [-0.15, -0.1) is 11.3 Å². The molecule has 2 nitrogen and oxygen atoms in total. The van der Waals surface area contributed by atoms with Gasteiger partial charge in [-0.1, -0.05) is 13.8 Å². The first-order valence-corrected chi connectivity index (χ1v) is 8.65. The Morgan fingerprint density at radius 3 is 2.56 bits per heavy atom. The molecular formula is C13H17Br2NOS. The highest BCUT2D eigenvalue weighted by atomic mass is 79.9. The number of thiophene rings is 1. The van der Waals surface area contributed by atoms with Gasteiger partial charge in [-0.25, -0.2) is 0 Å². The average Bonchev–Trinajstić information content (AvgIpc) is 2.93. The van der Waals surface area contributed by atoms with Gasteiger partial charge in [0, 0.05) is 13.1 Å². The summed E-state index contributed by atoms with van der Waals surface area (Å²) < 4.78 is 1.92. The van der Waals surface area contributed by atoms with Crippen LogP contribution >= 0.6 is 43.2 Å². The molecule has 1 aliphatic heterocycles. The minimum atomic E-state index is 0.160. The van der Waals surface area contributed by atoms with E-state index in [1.54, 1.807) is 11.3 Å². The lowest BCUT2D eigenvalue weighted by Crippen LogP contribution is -2.31. The molecule has 1 aliphatic rings. The maximum Gasteiger partial charge on any atom is 0.255 e. The fourth-order valence-corrected chi connectivity index (χ4v) is 5.37. The summed E-state index contributed by atoms with van der Waals surface area (Å²) in [6, 6.07) is 1.91. The van der Waals surface area contributed by atoms with Crippen molar-refractivity contribution < 1.29 is 4.79 Å². The molecule has 1 saturated heterocycles. The lowest BCUT2D eigenvalue weighted by molar-refractivity contribution is 0.0769. The average molecular weight is 395 g/mol. The molecule has 1 fully saturated rings. The van der Waals surface area contributed by atoms with E-state index >= 15 is 0 Å². The number of hydrogen-bond acceptors (Lipinski definition) is 2. The summed E-state index contributed by atoms with van der Waals surface area (Å²) in [7, 11) is 0. The quantitative estimate of drug-likeness (QED) is 0.711. The number of carbonyl (C=O) groups excluding carboxylic acids is 1. The number of likely N-dealkylation sites (tertiary alicyclic amines) is 1. The van der Waals surface area contributed by atoms with E-state index in [-0.39, 0.29) is 5.91 Å². The van der Waals surface area contributed by atoms with Crippen molar-refractivity contribution in [3.05, 3.63) is 19.2 Å². The molecule has 100 valence electrons. The van der Waals surface area contributed by atoms with E-state index < -0.39 is 0 Å². The molecule has 0 N–H and O–H groups in total. The lowest BCUT2D eigenvalue weighted by atomic mass is 9.82. The third-order valence-corrected chi connectivity index (χ3v) is 6.45. The molecule has 0 spiro atoms. The molecule has 0 saturated carbocycles. The van der Waals surface area contributed by atoms with Crippen molar-refractivity contribution in [1.82, 2.24) is 4.90 Å². The van der Waals surface area contributed by atoms with Crippen molar-refractivity contribution in [2.45, 2.75) is 33.1 Å². The van der Waals surface area contributed by atoms with Crippen LogP contribution < -0.4 is 0 Å². The highest BCUT2D eigenvalue weighted by Gasteiger charge is 2.37. The summed E-state index contributed by atoms with van der Waals surface area (Å²) >= 11 is 8.45. The molecule has 0 bridgehead atoms. The summed E-state index contributed by atoms with van der Waals surface area (Å²) in [5, 5.41) is 0. The second kappa shape index (κ2) is 5.63. The lowest BCUT2D eigenvalue weighted by Gasteiger charge is -2.26. The topological polar surface area (TPSA) is 20.3 Å². The Morgan fingerprint density at radius 2 is 2.11 bits per heavy atom.